The first-order valence-electron chi connectivity index (χ1n) is 7.99. The molecular weight excluding hydrogens is 260 g/mol. The maximum absolute atomic E-state index is 12.1. The number of likely N-dealkylation sites (tertiary alicyclic amines) is 1. The number of likely N-dealkylation sites (N-methyl/N-ethyl adjacent to an activating group) is 1. The highest BCUT2D eigenvalue weighted by molar-refractivity contribution is 5.78. The molecule has 2 unspecified atom stereocenters. The quantitative estimate of drug-likeness (QED) is 0.903. The molecule has 0 aliphatic carbocycles. The number of carbonyl (C=O) groups is 1. The van der Waals surface area contributed by atoms with Crippen LogP contribution in [0, 0.1) is 26.7 Å². The average Bonchev–Trinajstić information content (AvgIpc) is 2.77. The predicted octanol–water partition coefficient (Wildman–Crippen LogP) is 3.13. The first kappa shape index (κ1) is 16.0. The molecule has 2 atom stereocenters. The van der Waals surface area contributed by atoms with E-state index < -0.39 is 0 Å². The molecule has 1 fully saturated rings. The fraction of sp³-hybridized carbons (Fsp3) is 0.611. The van der Waals surface area contributed by atoms with Crippen molar-refractivity contribution >= 4 is 5.91 Å². The second-order valence-corrected chi connectivity index (χ2v) is 6.43. The Bertz CT molecular complexity index is 501. The highest BCUT2D eigenvalue weighted by atomic mass is 16.2. The molecule has 1 saturated heterocycles. The molecule has 1 aliphatic heterocycles. The molecule has 0 spiro atoms. The third kappa shape index (κ3) is 3.46. The Kier molecular flexibility index (Phi) is 5.04. The molecular formula is C18H28N2O. The van der Waals surface area contributed by atoms with E-state index >= 15 is 0 Å². The summed E-state index contributed by atoms with van der Waals surface area (Å²) in [4.78, 5) is 14.2. The fourth-order valence-electron chi connectivity index (χ4n) is 3.59. The molecule has 1 amide bonds. The van der Waals surface area contributed by atoms with Crippen LogP contribution in [-0.4, -0.2) is 30.9 Å². The molecule has 0 aromatic heterocycles. The Morgan fingerprint density at radius 3 is 2.38 bits per heavy atom. The number of carbonyl (C=O) groups excluding carboxylic acids is 1. The van der Waals surface area contributed by atoms with Crippen LogP contribution in [0.1, 0.15) is 48.1 Å². The van der Waals surface area contributed by atoms with Gasteiger partial charge in [-0.25, -0.2) is 0 Å². The maximum atomic E-state index is 12.1. The summed E-state index contributed by atoms with van der Waals surface area (Å²) in [5.41, 5.74) is 5.26. The van der Waals surface area contributed by atoms with Crippen LogP contribution in [0.2, 0.25) is 0 Å². The van der Waals surface area contributed by atoms with Crippen LogP contribution in [0.15, 0.2) is 12.1 Å². The van der Waals surface area contributed by atoms with Crippen LogP contribution in [0.25, 0.3) is 0 Å². The summed E-state index contributed by atoms with van der Waals surface area (Å²) in [6.07, 6.45) is 1.81. The van der Waals surface area contributed by atoms with Gasteiger partial charge in [-0.1, -0.05) is 31.0 Å². The number of rotatable bonds is 5. The lowest BCUT2D eigenvalue weighted by Gasteiger charge is -2.27. The van der Waals surface area contributed by atoms with E-state index in [4.69, 9.17) is 0 Å². The van der Waals surface area contributed by atoms with Crippen LogP contribution in [0.3, 0.4) is 0 Å². The number of hydrogen-bond acceptors (Lipinski definition) is 2. The summed E-state index contributed by atoms with van der Waals surface area (Å²) >= 11 is 0. The minimum Gasteiger partial charge on any atom is -0.340 e. The summed E-state index contributed by atoms with van der Waals surface area (Å²) < 4.78 is 0. The van der Waals surface area contributed by atoms with Crippen molar-refractivity contribution in [3.63, 3.8) is 0 Å². The minimum absolute atomic E-state index is 0.213. The van der Waals surface area contributed by atoms with Crippen molar-refractivity contribution in [2.75, 3.05) is 20.1 Å². The van der Waals surface area contributed by atoms with Crippen LogP contribution < -0.4 is 5.32 Å². The van der Waals surface area contributed by atoms with Gasteiger partial charge in [-0.05, 0) is 50.4 Å². The standard InChI is InChI=1S/C18H28N2O/c1-6-15-9-17(21)20(10-15)11-16(19-5)18-13(3)7-12(2)8-14(18)4/h7-8,15-16,19H,6,9-11H2,1-5H3. The Labute approximate surface area is 128 Å². The number of nitrogens with one attached hydrogen (secondary N) is 1. The highest BCUT2D eigenvalue weighted by Crippen LogP contribution is 2.27. The fourth-order valence-corrected chi connectivity index (χ4v) is 3.59. The zero-order valence-corrected chi connectivity index (χ0v) is 14.0. The Balaban J connectivity index is 2.19. The molecule has 1 heterocycles. The highest BCUT2D eigenvalue weighted by Gasteiger charge is 2.30. The topological polar surface area (TPSA) is 32.3 Å². The minimum atomic E-state index is 0.213. The van der Waals surface area contributed by atoms with Gasteiger partial charge in [-0.15, -0.1) is 0 Å². The molecule has 3 heteroatoms. The largest absolute Gasteiger partial charge is 0.340 e. The lowest BCUT2D eigenvalue weighted by atomic mass is 9.93. The molecule has 2 rings (SSSR count). The monoisotopic (exact) mass is 288 g/mol. The number of aryl methyl sites for hydroxylation is 3. The Morgan fingerprint density at radius 1 is 1.29 bits per heavy atom. The van der Waals surface area contributed by atoms with Crippen LogP contribution in [0.5, 0.6) is 0 Å². The van der Waals surface area contributed by atoms with Crippen molar-refractivity contribution in [1.29, 1.82) is 0 Å². The van der Waals surface area contributed by atoms with Gasteiger partial charge >= 0.3 is 0 Å². The van der Waals surface area contributed by atoms with E-state index in [1.54, 1.807) is 0 Å². The normalized spacial score (nSPS) is 20.1. The van der Waals surface area contributed by atoms with Crippen molar-refractivity contribution in [1.82, 2.24) is 10.2 Å². The second-order valence-electron chi connectivity index (χ2n) is 6.43. The smallest absolute Gasteiger partial charge is 0.222 e. The van der Waals surface area contributed by atoms with E-state index in [2.05, 4.69) is 45.1 Å². The molecule has 21 heavy (non-hydrogen) atoms. The molecule has 1 aliphatic rings. The van der Waals surface area contributed by atoms with Gasteiger partial charge in [0.15, 0.2) is 0 Å². The Morgan fingerprint density at radius 2 is 1.90 bits per heavy atom. The number of amides is 1. The maximum Gasteiger partial charge on any atom is 0.222 e. The summed E-state index contributed by atoms with van der Waals surface area (Å²) in [6, 6.07) is 4.67. The molecule has 1 aromatic carbocycles. The van der Waals surface area contributed by atoms with E-state index in [0.717, 1.165) is 25.9 Å². The Hall–Kier alpha value is -1.35. The zero-order chi connectivity index (χ0) is 15.6. The van der Waals surface area contributed by atoms with Gasteiger partial charge in [0.2, 0.25) is 5.91 Å². The summed E-state index contributed by atoms with van der Waals surface area (Å²) in [5, 5.41) is 3.41. The van der Waals surface area contributed by atoms with Crippen LogP contribution >= 0.6 is 0 Å². The molecule has 1 N–H and O–H groups in total. The zero-order valence-electron chi connectivity index (χ0n) is 14.0. The summed E-state index contributed by atoms with van der Waals surface area (Å²) in [5.74, 6) is 0.847. The molecule has 116 valence electrons. The van der Waals surface area contributed by atoms with E-state index in [1.807, 2.05) is 11.9 Å². The summed E-state index contributed by atoms with van der Waals surface area (Å²) in [7, 11) is 1.99. The van der Waals surface area contributed by atoms with Gasteiger partial charge in [0.1, 0.15) is 0 Å². The molecule has 0 radical (unpaired) electrons. The van der Waals surface area contributed by atoms with E-state index in [9.17, 15) is 4.79 Å². The SMILES string of the molecule is CCC1CC(=O)N(CC(NC)c2c(C)cc(C)cc2C)C1. The number of hydrogen-bond donors (Lipinski definition) is 1. The van der Waals surface area contributed by atoms with Gasteiger partial charge < -0.3 is 10.2 Å². The van der Waals surface area contributed by atoms with Gasteiger partial charge in [-0.3, -0.25) is 4.79 Å². The van der Waals surface area contributed by atoms with Gasteiger partial charge in [-0.2, -0.15) is 0 Å². The van der Waals surface area contributed by atoms with Crippen molar-refractivity contribution in [2.24, 2.45) is 5.92 Å². The van der Waals surface area contributed by atoms with Crippen molar-refractivity contribution < 1.29 is 4.79 Å². The van der Waals surface area contributed by atoms with Crippen molar-refractivity contribution in [3.05, 3.63) is 34.4 Å². The predicted molar refractivity (Wildman–Crippen MR) is 87.4 cm³/mol. The lowest BCUT2D eigenvalue weighted by molar-refractivity contribution is -0.128. The van der Waals surface area contributed by atoms with Gasteiger partial charge in [0.05, 0.1) is 6.04 Å². The number of benzene rings is 1. The number of nitrogens with zero attached hydrogens (tertiary/aromatic N) is 1. The van der Waals surface area contributed by atoms with Gasteiger partial charge in [0.25, 0.3) is 0 Å². The van der Waals surface area contributed by atoms with Crippen LogP contribution in [0.4, 0.5) is 0 Å². The first-order chi connectivity index (χ1) is 9.96. The van der Waals surface area contributed by atoms with Gasteiger partial charge in [0, 0.05) is 19.5 Å². The van der Waals surface area contributed by atoms with E-state index in [0.29, 0.717) is 11.8 Å². The summed E-state index contributed by atoms with van der Waals surface area (Å²) in [6.45, 7) is 10.3. The van der Waals surface area contributed by atoms with Crippen molar-refractivity contribution in [3.8, 4) is 0 Å². The first-order valence-corrected chi connectivity index (χ1v) is 7.99. The molecule has 3 nitrogen and oxygen atoms in total. The molecule has 0 bridgehead atoms. The van der Waals surface area contributed by atoms with Crippen molar-refractivity contribution in [2.45, 2.75) is 46.6 Å². The van der Waals surface area contributed by atoms with Crippen LogP contribution in [-0.2, 0) is 4.79 Å². The third-order valence-corrected chi connectivity index (χ3v) is 4.71. The van der Waals surface area contributed by atoms with E-state index in [-0.39, 0.29) is 6.04 Å². The third-order valence-electron chi connectivity index (χ3n) is 4.71. The molecule has 1 aromatic rings. The molecule has 0 saturated carbocycles. The second kappa shape index (κ2) is 6.61. The average molecular weight is 288 g/mol. The van der Waals surface area contributed by atoms with E-state index in [1.165, 1.54) is 22.3 Å². The lowest BCUT2D eigenvalue weighted by Crippen LogP contribution is -2.35.